The molecule has 0 spiro atoms. The minimum Gasteiger partial charge on any atom is -0.493 e. The third-order valence-corrected chi connectivity index (χ3v) is 7.83. The normalized spacial score (nSPS) is 11.3. The molecule has 0 unspecified atom stereocenters. The molecule has 0 aliphatic heterocycles. The Bertz CT molecular complexity index is 1880. The van der Waals surface area contributed by atoms with E-state index in [2.05, 4.69) is 74.5 Å². The summed E-state index contributed by atoms with van der Waals surface area (Å²) in [5.74, 6) is -0.0557. The van der Waals surface area contributed by atoms with Gasteiger partial charge in [-0.1, -0.05) is 109 Å². The molecule has 0 amide bonds. The number of carboxylic acid groups (broad SMARTS) is 1. The number of carbonyl (C=O) groups is 1. The molecule has 0 radical (unpaired) electrons. The molecule has 5 aromatic carbocycles. The fraction of sp³-hybridized carbons (Fsp3) is 0.162. The molecule has 6 rings (SSSR count). The van der Waals surface area contributed by atoms with Crippen LogP contribution in [0.1, 0.15) is 39.2 Å². The number of nitrogens with zero attached hydrogens (tertiary/aromatic N) is 1. The average Bonchev–Trinajstić information content (AvgIpc) is 3.29. The second-order valence-corrected chi connectivity index (χ2v) is 10.7. The van der Waals surface area contributed by atoms with Gasteiger partial charge in [0.1, 0.15) is 11.4 Å². The monoisotopic (exact) mass is 539 g/mol. The molecule has 204 valence electrons. The number of aromatic carboxylic acids is 1. The Morgan fingerprint density at radius 3 is 2.32 bits per heavy atom. The first kappa shape index (κ1) is 26.4. The first-order valence-corrected chi connectivity index (χ1v) is 14.1. The van der Waals surface area contributed by atoms with E-state index in [9.17, 15) is 9.90 Å². The predicted molar refractivity (Wildman–Crippen MR) is 167 cm³/mol. The maximum absolute atomic E-state index is 12.9. The standard InChI is InChI=1S/C37H33NO3/c1-25-11-7-13-27(23-25)24-38-35-31(29-16-5-3-12-26(29)2)18-9-19-32(35)33(36(38)37(39)40)20-10-22-41-34-21-8-15-28-14-4-6-17-30(28)34/h3-9,11-19,21,23H,10,20,22,24H2,1-2H3,(H,39,40). The van der Waals surface area contributed by atoms with Crippen molar-refractivity contribution in [1.29, 1.82) is 0 Å². The molecule has 4 nitrogen and oxygen atoms in total. The van der Waals surface area contributed by atoms with Gasteiger partial charge in [0.2, 0.25) is 0 Å². The molecular weight excluding hydrogens is 506 g/mol. The van der Waals surface area contributed by atoms with Gasteiger partial charge in [-0.25, -0.2) is 4.79 Å². The van der Waals surface area contributed by atoms with Crippen LogP contribution in [0.25, 0.3) is 32.8 Å². The summed E-state index contributed by atoms with van der Waals surface area (Å²) in [5.41, 5.74) is 7.73. The third kappa shape index (κ3) is 5.21. The quantitative estimate of drug-likeness (QED) is 0.187. The van der Waals surface area contributed by atoms with Crippen molar-refractivity contribution in [2.24, 2.45) is 0 Å². The number of ether oxygens (including phenoxy) is 1. The minimum atomic E-state index is -0.908. The fourth-order valence-corrected chi connectivity index (χ4v) is 5.97. The van der Waals surface area contributed by atoms with Crippen LogP contribution in [0, 0.1) is 13.8 Å². The zero-order valence-corrected chi connectivity index (χ0v) is 23.4. The number of fused-ring (bicyclic) bond motifs is 2. The van der Waals surface area contributed by atoms with E-state index in [1.807, 2.05) is 53.1 Å². The molecule has 0 bridgehead atoms. The van der Waals surface area contributed by atoms with Crippen LogP contribution in [0.15, 0.2) is 109 Å². The van der Waals surface area contributed by atoms with E-state index in [0.29, 0.717) is 31.7 Å². The van der Waals surface area contributed by atoms with Gasteiger partial charge in [-0.15, -0.1) is 0 Å². The highest BCUT2D eigenvalue weighted by atomic mass is 16.5. The van der Waals surface area contributed by atoms with Crippen molar-refractivity contribution >= 4 is 27.6 Å². The van der Waals surface area contributed by atoms with Crippen molar-refractivity contribution in [1.82, 2.24) is 4.57 Å². The number of rotatable bonds is 9. The lowest BCUT2D eigenvalue weighted by molar-refractivity contribution is 0.0685. The van der Waals surface area contributed by atoms with E-state index in [0.717, 1.165) is 60.8 Å². The first-order chi connectivity index (χ1) is 20.0. The van der Waals surface area contributed by atoms with Gasteiger partial charge >= 0.3 is 5.97 Å². The number of aryl methyl sites for hydroxylation is 3. The number of hydrogen-bond acceptors (Lipinski definition) is 2. The van der Waals surface area contributed by atoms with Crippen molar-refractivity contribution in [3.63, 3.8) is 0 Å². The van der Waals surface area contributed by atoms with Crippen molar-refractivity contribution in [3.8, 4) is 16.9 Å². The minimum absolute atomic E-state index is 0.354. The average molecular weight is 540 g/mol. The van der Waals surface area contributed by atoms with Crippen molar-refractivity contribution < 1.29 is 14.6 Å². The van der Waals surface area contributed by atoms with Crippen molar-refractivity contribution in [3.05, 3.63) is 137 Å². The van der Waals surface area contributed by atoms with Crippen LogP contribution < -0.4 is 4.74 Å². The van der Waals surface area contributed by atoms with Crippen LogP contribution in [0.4, 0.5) is 0 Å². The highest BCUT2D eigenvalue weighted by Crippen LogP contribution is 2.37. The lowest BCUT2D eigenvalue weighted by Crippen LogP contribution is -2.12. The van der Waals surface area contributed by atoms with Crippen LogP contribution in [0.2, 0.25) is 0 Å². The van der Waals surface area contributed by atoms with Gasteiger partial charge in [0.05, 0.1) is 12.1 Å². The van der Waals surface area contributed by atoms with E-state index in [1.54, 1.807) is 0 Å². The lowest BCUT2D eigenvalue weighted by Gasteiger charge is -2.14. The summed E-state index contributed by atoms with van der Waals surface area (Å²) in [6.07, 6.45) is 1.29. The maximum atomic E-state index is 12.9. The van der Waals surface area contributed by atoms with E-state index >= 15 is 0 Å². The smallest absolute Gasteiger partial charge is 0.352 e. The molecule has 0 saturated carbocycles. The van der Waals surface area contributed by atoms with Gasteiger partial charge in [0, 0.05) is 22.9 Å². The van der Waals surface area contributed by atoms with Crippen LogP contribution in [-0.4, -0.2) is 22.2 Å². The predicted octanol–water partition coefficient (Wildman–Crippen LogP) is 8.84. The summed E-state index contributed by atoms with van der Waals surface area (Å²) in [4.78, 5) is 12.9. The second kappa shape index (κ2) is 11.3. The summed E-state index contributed by atoms with van der Waals surface area (Å²) >= 11 is 0. The van der Waals surface area contributed by atoms with E-state index < -0.39 is 5.97 Å². The Labute approximate surface area is 240 Å². The Morgan fingerprint density at radius 2 is 1.49 bits per heavy atom. The summed E-state index contributed by atoms with van der Waals surface area (Å²) in [5, 5.41) is 13.8. The molecule has 4 heteroatoms. The fourth-order valence-electron chi connectivity index (χ4n) is 5.97. The van der Waals surface area contributed by atoms with Gasteiger partial charge in [-0.05, 0) is 60.4 Å². The molecular formula is C37H33NO3. The highest BCUT2D eigenvalue weighted by molar-refractivity contribution is 6.04. The Balaban J connectivity index is 1.41. The Kier molecular flexibility index (Phi) is 7.30. The van der Waals surface area contributed by atoms with Gasteiger partial charge in [0.15, 0.2) is 0 Å². The van der Waals surface area contributed by atoms with Gasteiger partial charge < -0.3 is 14.4 Å². The van der Waals surface area contributed by atoms with Gasteiger partial charge in [-0.2, -0.15) is 0 Å². The molecule has 1 N–H and O–H groups in total. The summed E-state index contributed by atoms with van der Waals surface area (Å²) < 4.78 is 8.23. The molecule has 41 heavy (non-hydrogen) atoms. The number of hydrogen-bond donors (Lipinski definition) is 1. The largest absolute Gasteiger partial charge is 0.493 e. The van der Waals surface area contributed by atoms with Crippen LogP contribution in [0.3, 0.4) is 0 Å². The molecule has 6 aromatic rings. The van der Waals surface area contributed by atoms with Crippen LogP contribution >= 0.6 is 0 Å². The number of benzene rings is 5. The van der Waals surface area contributed by atoms with Crippen LogP contribution in [-0.2, 0) is 13.0 Å². The SMILES string of the molecule is Cc1cccc(Cn2c(C(=O)O)c(CCCOc3cccc4ccccc34)c3cccc(-c4ccccc4C)c32)c1. The van der Waals surface area contributed by atoms with E-state index in [4.69, 9.17) is 4.74 Å². The van der Waals surface area contributed by atoms with Crippen LogP contribution in [0.5, 0.6) is 5.75 Å². The van der Waals surface area contributed by atoms with E-state index in [-0.39, 0.29) is 0 Å². The summed E-state index contributed by atoms with van der Waals surface area (Å²) in [7, 11) is 0. The van der Waals surface area contributed by atoms with Crippen molar-refractivity contribution in [2.45, 2.75) is 33.2 Å². The first-order valence-electron chi connectivity index (χ1n) is 14.1. The third-order valence-electron chi connectivity index (χ3n) is 7.83. The second-order valence-electron chi connectivity index (χ2n) is 10.7. The molecule has 0 aliphatic carbocycles. The summed E-state index contributed by atoms with van der Waals surface area (Å²) in [6, 6.07) is 37.1. The van der Waals surface area contributed by atoms with Crippen molar-refractivity contribution in [2.75, 3.05) is 6.61 Å². The zero-order chi connectivity index (χ0) is 28.3. The number of para-hydroxylation sites is 1. The summed E-state index contributed by atoms with van der Waals surface area (Å²) in [6.45, 7) is 5.14. The molecule has 0 fully saturated rings. The lowest BCUT2D eigenvalue weighted by atomic mass is 9.97. The number of carboxylic acids is 1. The molecule has 0 aliphatic rings. The molecule has 1 aromatic heterocycles. The molecule has 1 heterocycles. The maximum Gasteiger partial charge on any atom is 0.352 e. The Hall–Kier alpha value is -4.83. The van der Waals surface area contributed by atoms with E-state index in [1.165, 1.54) is 0 Å². The number of aromatic nitrogens is 1. The van der Waals surface area contributed by atoms with Gasteiger partial charge in [0.25, 0.3) is 0 Å². The highest BCUT2D eigenvalue weighted by Gasteiger charge is 2.25. The Morgan fingerprint density at radius 1 is 0.780 bits per heavy atom. The topological polar surface area (TPSA) is 51.5 Å². The van der Waals surface area contributed by atoms with Gasteiger partial charge in [-0.3, -0.25) is 0 Å². The molecule has 0 saturated heterocycles. The zero-order valence-electron chi connectivity index (χ0n) is 23.4. The molecule has 0 atom stereocenters.